The molecule has 3 nitrogen and oxygen atoms in total. The van der Waals surface area contributed by atoms with Crippen molar-refractivity contribution in [1.29, 1.82) is 0 Å². The van der Waals surface area contributed by atoms with E-state index in [-0.39, 0.29) is 6.10 Å². The average Bonchev–Trinajstić information content (AvgIpc) is 2.33. The van der Waals surface area contributed by atoms with Crippen LogP contribution in [0.25, 0.3) is 0 Å². The number of hydrogen-bond donors (Lipinski definition) is 1. The van der Waals surface area contributed by atoms with Crippen LogP contribution in [0.15, 0.2) is 0 Å². The maximum absolute atomic E-state index is 6.34. The predicted octanol–water partition coefficient (Wildman–Crippen LogP) is 2.98. The molecule has 0 aromatic heterocycles. The normalized spacial score (nSPS) is 42.9. The highest BCUT2D eigenvalue weighted by atomic mass is 16.6. The van der Waals surface area contributed by atoms with Crippen LogP contribution in [0.1, 0.15) is 52.9 Å². The first-order chi connectivity index (χ1) is 9.13. The van der Waals surface area contributed by atoms with E-state index in [2.05, 4.69) is 26.1 Å². The summed E-state index contributed by atoms with van der Waals surface area (Å²) in [6.45, 7) is 7.72. The lowest BCUT2D eigenvalue weighted by Gasteiger charge is -2.46. The van der Waals surface area contributed by atoms with E-state index in [0.29, 0.717) is 18.2 Å². The molecule has 5 unspecified atom stereocenters. The molecular formula is C16H31NO2. The molecule has 2 fully saturated rings. The Kier molecular flexibility index (Phi) is 5.67. The molecule has 2 aliphatic rings. The van der Waals surface area contributed by atoms with Gasteiger partial charge in [-0.1, -0.05) is 20.8 Å². The fourth-order valence-corrected chi connectivity index (χ4v) is 3.71. The lowest BCUT2D eigenvalue weighted by atomic mass is 9.80. The molecule has 0 radical (unpaired) electrons. The Morgan fingerprint density at radius 1 is 1.05 bits per heavy atom. The SMILES string of the molecule is CCCOC1C(NC)CC1OC1CC(C)CC(C)C1. The van der Waals surface area contributed by atoms with Gasteiger partial charge in [0.05, 0.1) is 18.3 Å². The molecule has 0 aromatic carbocycles. The highest BCUT2D eigenvalue weighted by Gasteiger charge is 2.43. The van der Waals surface area contributed by atoms with E-state index in [1.807, 2.05) is 7.05 Å². The third kappa shape index (κ3) is 3.93. The summed E-state index contributed by atoms with van der Waals surface area (Å²) in [5.41, 5.74) is 0. The van der Waals surface area contributed by atoms with Gasteiger partial charge >= 0.3 is 0 Å². The highest BCUT2D eigenvalue weighted by molar-refractivity contribution is 4.97. The number of ether oxygens (including phenoxy) is 2. The van der Waals surface area contributed by atoms with Crippen LogP contribution in [-0.2, 0) is 9.47 Å². The van der Waals surface area contributed by atoms with Gasteiger partial charge in [-0.15, -0.1) is 0 Å². The zero-order valence-corrected chi connectivity index (χ0v) is 13.0. The maximum atomic E-state index is 6.34. The molecule has 0 amide bonds. The summed E-state index contributed by atoms with van der Waals surface area (Å²) in [6.07, 6.45) is 7.02. The summed E-state index contributed by atoms with van der Waals surface area (Å²) >= 11 is 0. The van der Waals surface area contributed by atoms with Crippen molar-refractivity contribution in [2.45, 2.75) is 77.2 Å². The Hall–Kier alpha value is -0.120. The smallest absolute Gasteiger partial charge is 0.0990 e. The maximum Gasteiger partial charge on any atom is 0.0990 e. The van der Waals surface area contributed by atoms with E-state index in [1.54, 1.807) is 0 Å². The van der Waals surface area contributed by atoms with Crippen molar-refractivity contribution >= 4 is 0 Å². The lowest BCUT2D eigenvalue weighted by Crippen LogP contribution is -2.60. The average molecular weight is 269 g/mol. The van der Waals surface area contributed by atoms with E-state index in [9.17, 15) is 0 Å². The molecule has 2 rings (SSSR count). The number of nitrogens with one attached hydrogen (secondary N) is 1. The molecular weight excluding hydrogens is 238 g/mol. The molecule has 0 spiro atoms. The van der Waals surface area contributed by atoms with Gasteiger partial charge < -0.3 is 14.8 Å². The van der Waals surface area contributed by atoms with E-state index < -0.39 is 0 Å². The Balaban J connectivity index is 1.81. The van der Waals surface area contributed by atoms with Gasteiger partial charge in [-0.05, 0) is 51.0 Å². The first kappa shape index (κ1) is 15.3. The second kappa shape index (κ2) is 7.05. The summed E-state index contributed by atoms with van der Waals surface area (Å²) in [5.74, 6) is 1.62. The lowest BCUT2D eigenvalue weighted by molar-refractivity contribution is -0.176. The molecule has 112 valence electrons. The second-order valence-corrected chi connectivity index (χ2v) is 6.68. The summed E-state index contributed by atoms with van der Waals surface area (Å²) in [5, 5.41) is 3.34. The van der Waals surface area contributed by atoms with Crippen molar-refractivity contribution in [1.82, 2.24) is 5.32 Å². The van der Waals surface area contributed by atoms with Crippen molar-refractivity contribution in [2.75, 3.05) is 13.7 Å². The van der Waals surface area contributed by atoms with Gasteiger partial charge in [0.1, 0.15) is 0 Å². The van der Waals surface area contributed by atoms with Crippen molar-refractivity contribution in [3.8, 4) is 0 Å². The second-order valence-electron chi connectivity index (χ2n) is 6.68. The van der Waals surface area contributed by atoms with E-state index in [1.165, 1.54) is 19.3 Å². The van der Waals surface area contributed by atoms with Crippen LogP contribution < -0.4 is 5.32 Å². The van der Waals surface area contributed by atoms with Crippen LogP contribution in [0.3, 0.4) is 0 Å². The third-order valence-corrected chi connectivity index (χ3v) is 4.64. The van der Waals surface area contributed by atoms with E-state index in [4.69, 9.17) is 9.47 Å². The molecule has 2 aliphatic carbocycles. The van der Waals surface area contributed by atoms with Crippen molar-refractivity contribution in [2.24, 2.45) is 11.8 Å². The molecule has 1 N–H and O–H groups in total. The Bertz CT molecular complexity index is 261. The molecule has 0 aliphatic heterocycles. The van der Waals surface area contributed by atoms with Crippen molar-refractivity contribution < 1.29 is 9.47 Å². The minimum atomic E-state index is 0.262. The van der Waals surface area contributed by atoms with E-state index in [0.717, 1.165) is 31.3 Å². The Labute approximate surface area is 118 Å². The predicted molar refractivity (Wildman–Crippen MR) is 78.3 cm³/mol. The fourth-order valence-electron chi connectivity index (χ4n) is 3.71. The zero-order chi connectivity index (χ0) is 13.8. The molecule has 19 heavy (non-hydrogen) atoms. The molecule has 0 heterocycles. The largest absolute Gasteiger partial charge is 0.374 e. The highest BCUT2D eigenvalue weighted by Crippen LogP contribution is 2.35. The van der Waals surface area contributed by atoms with Gasteiger partial charge in [0.25, 0.3) is 0 Å². The number of likely N-dealkylation sites (N-methyl/N-ethyl adjacent to an activating group) is 1. The van der Waals surface area contributed by atoms with Gasteiger partial charge in [-0.2, -0.15) is 0 Å². The van der Waals surface area contributed by atoms with Crippen LogP contribution in [-0.4, -0.2) is 38.0 Å². The van der Waals surface area contributed by atoms with Gasteiger partial charge in [0.2, 0.25) is 0 Å². The fraction of sp³-hybridized carbons (Fsp3) is 1.00. The van der Waals surface area contributed by atoms with Crippen LogP contribution >= 0.6 is 0 Å². The summed E-state index contributed by atoms with van der Waals surface area (Å²) < 4.78 is 12.3. The van der Waals surface area contributed by atoms with Crippen LogP contribution in [0, 0.1) is 11.8 Å². The number of hydrogen-bond acceptors (Lipinski definition) is 3. The molecule has 2 saturated carbocycles. The minimum Gasteiger partial charge on any atom is -0.374 e. The quantitative estimate of drug-likeness (QED) is 0.804. The Morgan fingerprint density at radius 2 is 1.74 bits per heavy atom. The molecule has 3 heteroatoms. The molecule has 0 bridgehead atoms. The monoisotopic (exact) mass is 269 g/mol. The van der Waals surface area contributed by atoms with Gasteiger partial charge in [0.15, 0.2) is 0 Å². The molecule has 5 atom stereocenters. The Morgan fingerprint density at radius 3 is 2.32 bits per heavy atom. The summed E-state index contributed by atoms with van der Waals surface area (Å²) in [6, 6.07) is 0.481. The van der Waals surface area contributed by atoms with Gasteiger partial charge in [-0.25, -0.2) is 0 Å². The topological polar surface area (TPSA) is 30.5 Å². The van der Waals surface area contributed by atoms with Crippen LogP contribution in [0.2, 0.25) is 0 Å². The first-order valence-corrected chi connectivity index (χ1v) is 8.08. The molecule has 0 aromatic rings. The van der Waals surface area contributed by atoms with Crippen LogP contribution in [0.4, 0.5) is 0 Å². The van der Waals surface area contributed by atoms with Crippen LogP contribution in [0.5, 0.6) is 0 Å². The third-order valence-electron chi connectivity index (χ3n) is 4.64. The summed E-state index contributed by atoms with van der Waals surface area (Å²) in [4.78, 5) is 0. The first-order valence-electron chi connectivity index (χ1n) is 8.08. The molecule has 0 saturated heterocycles. The zero-order valence-electron chi connectivity index (χ0n) is 13.0. The minimum absolute atomic E-state index is 0.262. The van der Waals surface area contributed by atoms with Gasteiger partial charge in [-0.3, -0.25) is 0 Å². The van der Waals surface area contributed by atoms with Crippen molar-refractivity contribution in [3.05, 3.63) is 0 Å². The standard InChI is InChI=1S/C16H31NO2/c1-5-6-18-16-14(17-4)10-15(16)19-13-8-11(2)7-12(3)9-13/h11-17H,5-10H2,1-4H3. The van der Waals surface area contributed by atoms with Crippen molar-refractivity contribution in [3.63, 3.8) is 0 Å². The summed E-state index contributed by atoms with van der Waals surface area (Å²) in [7, 11) is 2.02. The number of rotatable bonds is 6. The van der Waals surface area contributed by atoms with Gasteiger partial charge in [0, 0.05) is 12.6 Å². The van der Waals surface area contributed by atoms with E-state index >= 15 is 0 Å².